The van der Waals surface area contributed by atoms with Crippen LogP contribution >= 0.6 is 0 Å². The molecule has 1 aromatic carbocycles. The SMILES string of the molecule is Cn1cc(N2CCN(c3nc(-c4cccnc4)nc4ccccc34)CC2=O)cn1. The smallest absolute Gasteiger partial charge is 0.246 e. The minimum Gasteiger partial charge on any atom is -0.345 e. The molecule has 5 rings (SSSR count). The first-order chi connectivity index (χ1) is 14.2. The fraction of sp³-hybridized carbons (Fsp3) is 0.190. The van der Waals surface area contributed by atoms with Crippen molar-refractivity contribution in [2.75, 3.05) is 29.4 Å². The highest BCUT2D eigenvalue weighted by Crippen LogP contribution is 2.29. The number of para-hydroxylation sites is 1. The summed E-state index contributed by atoms with van der Waals surface area (Å²) in [5, 5.41) is 5.11. The number of carbonyl (C=O) groups is 1. The number of aromatic nitrogens is 5. The molecule has 1 aliphatic rings. The Morgan fingerprint density at radius 1 is 1.00 bits per heavy atom. The van der Waals surface area contributed by atoms with E-state index in [4.69, 9.17) is 9.97 Å². The summed E-state index contributed by atoms with van der Waals surface area (Å²) in [6, 6.07) is 11.7. The Labute approximate surface area is 167 Å². The second-order valence-corrected chi connectivity index (χ2v) is 6.97. The van der Waals surface area contributed by atoms with Gasteiger partial charge in [0.15, 0.2) is 5.82 Å². The van der Waals surface area contributed by atoms with E-state index in [9.17, 15) is 4.79 Å². The summed E-state index contributed by atoms with van der Waals surface area (Å²) < 4.78 is 1.70. The summed E-state index contributed by atoms with van der Waals surface area (Å²) in [6.45, 7) is 1.50. The lowest BCUT2D eigenvalue weighted by Crippen LogP contribution is -2.51. The van der Waals surface area contributed by atoms with Crippen molar-refractivity contribution in [1.82, 2.24) is 24.7 Å². The zero-order valence-corrected chi connectivity index (χ0v) is 15.9. The monoisotopic (exact) mass is 385 g/mol. The Hall–Kier alpha value is -3.81. The number of fused-ring (bicyclic) bond motifs is 1. The average Bonchev–Trinajstić information content (AvgIpc) is 3.19. The molecule has 4 aromatic rings. The fourth-order valence-electron chi connectivity index (χ4n) is 3.60. The van der Waals surface area contributed by atoms with E-state index in [-0.39, 0.29) is 12.5 Å². The van der Waals surface area contributed by atoms with Crippen molar-refractivity contribution in [3.8, 4) is 11.4 Å². The van der Waals surface area contributed by atoms with Crippen LogP contribution in [0.25, 0.3) is 22.3 Å². The number of hydrogen-bond donors (Lipinski definition) is 0. The summed E-state index contributed by atoms with van der Waals surface area (Å²) >= 11 is 0. The molecule has 1 saturated heterocycles. The predicted octanol–water partition coefficient (Wildman–Crippen LogP) is 2.28. The van der Waals surface area contributed by atoms with Crippen LogP contribution in [0.2, 0.25) is 0 Å². The van der Waals surface area contributed by atoms with Gasteiger partial charge in [0.05, 0.1) is 23.9 Å². The number of amides is 1. The molecule has 0 unspecified atom stereocenters. The van der Waals surface area contributed by atoms with Gasteiger partial charge >= 0.3 is 0 Å². The quantitative estimate of drug-likeness (QED) is 0.538. The predicted molar refractivity (Wildman–Crippen MR) is 111 cm³/mol. The molecule has 1 amide bonds. The van der Waals surface area contributed by atoms with Crippen LogP contribution in [0.5, 0.6) is 0 Å². The minimum absolute atomic E-state index is 0.0230. The summed E-state index contributed by atoms with van der Waals surface area (Å²) in [5.74, 6) is 1.40. The number of pyridine rings is 1. The molecule has 0 radical (unpaired) electrons. The van der Waals surface area contributed by atoms with E-state index in [0.29, 0.717) is 18.9 Å². The molecule has 0 saturated carbocycles. The lowest BCUT2D eigenvalue weighted by molar-refractivity contribution is -0.117. The normalized spacial score (nSPS) is 14.6. The van der Waals surface area contributed by atoms with Crippen molar-refractivity contribution in [2.45, 2.75) is 0 Å². The highest BCUT2D eigenvalue weighted by atomic mass is 16.2. The van der Waals surface area contributed by atoms with Gasteiger partial charge in [-0.15, -0.1) is 0 Å². The maximum atomic E-state index is 12.9. The Balaban J connectivity index is 1.52. The van der Waals surface area contributed by atoms with E-state index in [1.807, 2.05) is 54.5 Å². The first-order valence-electron chi connectivity index (χ1n) is 9.40. The second-order valence-electron chi connectivity index (χ2n) is 6.97. The molecule has 1 fully saturated rings. The van der Waals surface area contributed by atoms with Gasteiger partial charge in [-0.3, -0.25) is 14.5 Å². The third kappa shape index (κ3) is 3.18. The van der Waals surface area contributed by atoms with Crippen LogP contribution in [0.15, 0.2) is 61.2 Å². The van der Waals surface area contributed by atoms with Gasteiger partial charge in [0.25, 0.3) is 0 Å². The van der Waals surface area contributed by atoms with Crippen molar-refractivity contribution < 1.29 is 4.79 Å². The summed E-state index contributed by atoms with van der Waals surface area (Å²) in [5.41, 5.74) is 2.51. The molecule has 8 heteroatoms. The highest BCUT2D eigenvalue weighted by Gasteiger charge is 2.28. The number of anilines is 2. The average molecular weight is 385 g/mol. The number of nitrogens with zero attached hydrogens (tertiary/aromatic N) is 7. The molecular weight excluding hydrogens is 366 g/mol. The van der Waals surface area contributed by atoms with E-state index < -0.39 is 0 Å². The van der Waals surface area contributed by atoms with Crippen LogP contribution in [0, 0.1) is 0 Å². The first-order valence-corrected chi connectivity index (χ1v) is 9.40. The van der Waals surface area contributed by atoms with Crippen molar-refractivity contribution in [3.05, 3.63) is 61.2 Å². The topological polar surface area (TPSA) is 80.0 Å². The third-order valence-electron chi connectivity index (χ3n) is 5.03. The molecule has 0 atom stereocenters. The molecule has 29 heavy (non-hydrogen) atoms. The first kappa shape index (κ1) is 17.3. The number of aryl methyl sites for hydroxylation is 1. The summed E-state index contributed by atoms with van der Waals surface area (Å²) in [7, 11) is 1.84. The van der Waals surface area contributed by atoms with Crippen molar-refractivity contribution in [1.29, 1.82) is 0 Å². The molecular formula is C21H19N7O. The standard InChI is InChI=1S/C21H19N7O/c1-26-13-16(12-23-26)28-10-9-27(14-19(28)29)21-17-6-2-3-7-18(17)24-20(25-21)15-5-4-8-22-11-15/h2-8,11-13H,9-10,14H2,1H3. The van der Waals surface area contributed by atoms with Crippen LogP contribution in [0.4, 0.5) is 11.5 Å². The van der Waals surface area contributed by atoms with Gasteiger partial charge in [0.1, 0.15) is 5.82 Å². The fourth-order valence-corrected chi connectivity index (χ4v) is 3.60. The summed E-state index contributed by atoms with van der Waals surface area (Å²) in [4.78, 5) is 30.4. The number of piperazine rings is 1. The van der Waals surface area contributed by atoms with Gasteiger partial charge < -0.3 is 9.80 Å². The molecule has 0 spiro atoms. The zero-order valence-electron chi connectivity index (χ0n) is 15.9. The Bertz CT molecular complexity index is 1190. The van der Waals surface area contributed by atoms with E-state index in [1.165, 1.54) is 0 Å². The van der Waals surface area contributed by atoms with Crippen LogP contribution in [-0.4, -0.2) is 50.3 Å². The molecule has 1 aliphatic heterocycles. The van der Waals surface area contributed by atoms with Gasteiger partial charge in [-0.25, -0.2) is 9.97 Å². The van der Waals surface area contributed by atoms with E-state index >= 15 is 0 Å². The van der Waals surface area contributed by atoms with Gasteiger partial charge in [-0.1, -0.05) is 12.1 Å². The Morgan fingerprint density at radius 3 is 2.66 bits per heavy atom. The Kier molecular flexibility index (Phi) is 4.16. The number of carbonyl (C=O) groups excluding carboxylic acids is 1. The van der Waals surface area contributed by atoms with Gasteiger partial charge in [0, 0.05) is 49.7 Å². The molecule has 8 nitrogen and oxygen atoms in total. The Morgan fingerprint density at radius 2 is 1.90 bits per heavy atom. The van der Waals surface area contributed by atoms with Gasteiger partial charge in [0.2, 0.25) is 5.91 Å². The highest BCUT2D eigenvalue weighted by molar-refractivity contribution is 5.99. The van der Waals surface area contributed by atoms with Gasteiger partial charge in [-0.2, -0.15) is 5.10 Å². The van der Waals surface area contributed by atoms with Gasteiger partial charge in [-0.05, 0) is 24.3 Å². The van der Waals surface area contributed by atoms with Crippen LogP contribution < -0.4 is 9.80 Å². The van der Waals surface area contributed by atoms with Crippen molar-refractivity contribution in [2.24, 2.45) is 7.05 Å². The van der Waals surface area contributed by atoms with Crippen LogP contribution in [-0.2, 0) is 11.8 Å². The second kappa shape index (κ2) is 6.97. The lowest BCUT2D eigenvalue weighted by Gasteiger charge is -2.34. The molecule has 0 bridgehead atoms. The van der Waals surface area contributed by atoms with Crippen molar-refractivity contribution >= 4 is 28.3 Å². The lowest BCUT2D eigenvalue weighted by atomic mass is 10.2. The molecule has 0 N–H and O–H groups in total. The van der Waals surface area contributed by atoms with Crippen LogP contribution in [0.3, 0.4) is 0 Å². The molecule has 0 aliphatic carbocycles. The maximum absolute atomic E-state index is 12.9. The molecule has 4 heterocycles. The zero-order chi connectivity index (χ0) is 19.8. The van der Waals surface area contributed by atoms with E-state index in [2.05, 4.69) is 10.1 Å². The minimum atomic E-state index is 0.0230. The maximum Gasteiger partial charge on any atom is 0.246 e. The van der Waals surface area contributed by atoms with Crippen LogP contribution in [0.1, 0.15) is 0 Å². The molecule has 144 valence electrons. The van der Waals surface area contributed by atoms with Crippen molar-refractivity contribution in [3.63, 3.8) is 0 Å². The van der Waals surface area contributed by atoms with E-state index in [0.717, 1.165) is 28.0 Å². The largest absolute Gasteiger partial charge is 0.345 e. The summed E-state index contributed by atoms with van der Waals surface area (Å²) in [6.07, 6.45) is 7.05. The number of benzene rings is 1. The number of hydrogen-bond acceptors (Lipinski definition) is 6. The third-order valence-corrected chi connectivity index (χ3v) is 5.03. The molecule has 3 aromatic heterocycles. The number of rotatable bonds is 3. The van der Waals surface area contributed by atoms with E-state index in [1.54, 1.807) is 28.2 Å².